The van der Waals surface area contributed by atoms with E-state index in [1.165, 1.54) is 11.2 Å². The van der Waals surface area contributed by atoms with Crippen LogP contribution in [0, 0.1) is 0 Å². The first-order valence-electron chi connectivity index (χ1n) is 10.7. The van der Waals surface area contributed by atoms with Crippen LogP contribution in [0.5, 0.6) is 0 Å². The average molecular weight is 467 g/mol. The zero-order chi connectivity index (χ0) is 23.3. The minimum absolute atomic E-state index is 0.0859. The first kappa shape index (κ1) is 22.7. The van der Waals surface area contributed by atoms with Gasteiger partial charge in [-0.1, -0.05) is 18.2 Å². The van der Waals surface area contributed by atoms with Crippen LogP contribution < -0.4 is 16.0 Å². The Bertz CT molecular complexity index is 1240. The van der Waals surface area contributed by atoms with Crippen molar-refractivity contribution in [2.75, 3.05) is 23.7 Å². The largest absolute Gasteiger partial charge is 0.352 e. The Morgan fingerprint density at radius 1 is 1.00 bits per heavy atom. The van der Waals surface area contributed by atoms with Gasteiger partial charge in [-0.3, -0.25) is 4.79 Å². The molecule has 3 N–H and O–H groups in total. The third kappa shape index (κ3) is 5.85. The summed E-state index contributed by atoms with van der Waals surface area (Å²) in [6.45, 7) is 3.04. The fourth-order valence-electron chi connectivity index (χ4n) is 3.56. The van der Waals surface area contributed by atoms with E-state index in [9.17, 15) is 13.2 Å². The van der Waals surface area contributed by atoms with Crippen molar-refractivity contribution >= 4 is 39.1 Å². The van der Waals surface area contributed by atoms with E-state index in [0.717, 1.165) is 24.1 Å². The summed E-state index contributed by atoms with van der Waals surface area (Å²) in [5.41, 5.74) is 2.37. The number of rotatable bonds is 8. The Morgan fingerprint density at radius 3 is 2.48 bits per heavy atom. The summed E-state index contributed by atoms with van der Waals surface area (Å²) in [6, 6.07) is 16.1. The molecule has 1 aliphatic rings. The minimum Gasteiger partial charge on any atom is -0.352 e. The van der Waals surface area contributed by atoms with E-state index in [1.54, 1.807) is 36.5 Å². The highest BCUT2D eigenvalue weighted by Crippen LogP contribution is 2.24. The van der Waals surface area contributed by atoms with E-state index in [2.05, 4.69) is 25.9 Å². The van der Waals surface area contributed by atoms with Crippen LogP contribution in [0.1, 0.15) is 25.3 Å². The Labute approximate surface area is 193 Å². The van der Waals surface area contributed by atoms with E-state index in [1.807, 2.05) is 24.3 Å². The van der Waals surface area contributed by atoms with Gasteiger partial charge in [0.15, 0.2) is 0 Å². The molecular weight excluding hydrogens is 440 g/mol. The predicted octanol–water partition coefficient (Wildman–Crippen LogP) is 3.38. The highest BCUT2D eigenvalue weighted by atomic mass is 32.2. The molecule has 9 nitrogen and oxygen atoms in total. The molecule has 10 heteroatoms. The minimum atomic E-state index is -3.50. The fraction of sp³-hybridized carbons (Fsp3) is 0.261. The van der Waals surface area contributed by atoms with Crippen molar-refractivity contribution in [1.29, 1.82) is 0 Å². The molecule has 0 bridgehead atoms. The van der Waals surface area contributed by atoms with Gasteiger partial charge in [0.05, 0.1) is 4.90 Å². The second kappa shape index (κ2) is 9.97. The van der Waals surface area contributed by atoms with Crippen LogP contribution in [0.25, 0.3) is 0 Å². The van der Waals surface area contributed by atoms with E-state index in [-0.39, 0.29) is 10.8 Å². The molecule has 33 heavy (non-hydrogen) atoms. The van der Waals surface area contributed by atoms with Crippen LogP contribution in [0.15, 0.2) is 65.7 Å². The molecule has 4 rings (SSSR count). The monoisotopic (exact) mass is 466 g/mol. The lowest BCUT2D eigenvalue weighted by atomic mass is 10.2. The zero-order valence-electron chi connectivity index (χ0n) is 18.3. The molecule has 2 aromatic carbocycles. The number of nitrogens with one attached hydrogen (secondary N) is 3. The molecule has 1 saturated heterocycles. The number of hydrogen-bond donors (Lipinski definition) is 3. The smallest absolute Gasteiger partial charge is 0.243 e. The topological polar surface area (TPSA) is 116 Å². The zero-order valence-corrected chi connectivity index (χ0v) is 19.1. The summed E-state index contributed by atoms with van der Waals surface area (Å²) in [4.78, 5) is 20.1. The molecule has 1 aliphatic heterocycles. The fourth-order valence-corrected chi connectivity index (χ4v) is 5.13. The maximum absolute atomic E-state index is 12.8. The van der Waals surface area contributed by atoms with E-state index in [0.29, 0.717) is 37.1 Å². The number of aromatic nitrogens is 2. The molecule has 1 fully saturated rings. The first-order valence-corrected chi connectivity index (χ1v) is 12.1. The number of amides is 1. The SMILES string of the molecule is CC(=O)NCc1cccc(Nc2ccnc(Nc3cccc(S(=O)(=O)N4CCCC4)c3)n2)c1. The maximum atomic E-state index is 12.8. The molecule has 0 atom stereocenters. The number of benzene rings is 2. The van der Waals surface area contributed by atoms with Gasteiger partial charge in [0, 0.05) is 44.1 Å². The van der Waals surface area contributed by atoms with Gasteiger partial charge in [-0.2, -0.15) is 9.29 Å². The summed E-state index contributed by atoms with van der Waals surface area (Å²) >= 11 is 0. The van der Waals surface area contributed by atoms with Gasteiger partial charge < -0.3 is 16.0 Å². The van der Waals surface area contributed by atoms with Crippen molar-refractivity contribution in [3.05, 3.63) is 66.4 Å². The van der Waals surface area contributed by atoms with E-state index >= 15 is 0 Å². The van der Waals surface area contributed by atoms with Gasteiger partial charge >= 0.3 is 0 Å². The third-order valence-corrected chi connectivity index (χ3v) is 7.08. The van der Waals surface area contributed by atoms with Crippen molar-refractivity contribution in [3.8, 4) is 0 Å². The van der Waals surface area contributed by atoms with Gasteiger partial charge in [0.25, 0.3) is 0 Å². The summed E-state index contributed by atoms with van der Waals surface area (Å²) in [6.07, 6.45) is 3.39. The maximum Gasteiger partial charge on any atom is 0.243 e. The molecular formula is C23H26N6O3S. The predicted molar refractivity (Wildman–Crippen MR) is 127 cm³/mol. The van der Waals surface area contributed by atoms with Gasteiger partial charge in [-0.05, 0) is 54.8 Å². The number of anilines is 4. The van der Waals surface area contributed by atoms with Gasteiger partial charge in [-0.15, -0.1) is 0 Å². The molecule has 0 unspecified atom stereocenters. The molecule has 2 heterocycles. The van der Waals surface area contributed by atoms with Crippen molar-refractivity contribution in [2.45, 2.75) is 31.2 Å². The molecule has 1 amide bonds. The molecule has 0 saturated carbocycles. The summed E-state index contributed by atoms with van der Waals surface area (Å²) in [5, 5.41) is 9.08. The van der Waals surface area contributed by atoms with Crippen LogP contribution in [-0.4, -0.2) is 41.7 Å². The number of hydrogen-bond acceptors (Lipinski definition) is 7. The van der Waals surface area contributed by atoms with Crippen LogP contribution in [0.4, 0.5) is 23.1 Å². The summed E-state index contributed by atoms with van der Waals surface area (Å²) < 4.78 is 27.2. The normalized spacial score (nSPS) is 14.1. The molecule has 172 valence electrons. The Morgan fingerprint density at radius 2 is 1.73 bits per heavy atom. The van der Waals surface area contributed by atoms with Crippen molar-refractivity contribution < 1.29 is 13.2 Å². The second-order valence-corrected chi connectivity index (χ2v) is 9.70. The lowest BCUT2D eigenvalue weighted by molar-refractivity contribution is -0.119. The Kier molecular flexibility index (Phi) is 6.85. The van der Waals surface area contributed by atoms with Crippen molar-refractivity contribution in [1.82, 2.24) is 19.6 Å². The number of nitrogens with zero attached hydrogens (tertiary/aromatic N) is 3. The lowest BCUT2D eigenvalue weighted by Crippen LogP contribution is -2.27. The third-order valence-electron chi connectivity index (χ3n) is 5.19. The van der Waals surface area contributed by atoms with Gasteiger partial charge in [0.2, 0.25) is 21.9 Å². The number of carbonyl (C=O) groups is 1. The summed E-state index contributed by atoms with van der Waals surface area (Å²) in [7, 11) is -3.50. The molecule has 1 aromatic heterocycles. The van der Waals surface area contributed by atoms with Crippen molar-refractivity contribution in [2.24, 2.45) is 0 Å². The van der Waals surface area contributed by atoms with Crippen LogP contribution in [-0.2, 0) is 21.4 Å². The van der Waals surface area contributed by atoms with Crippen LogP contribution >= 0.6 is 0 Å². The average Bonchev–Trinajstić information content (AvgIpc) is 3.34. The standard InChI is InChI=1S/C23H26N6O3S/c1-17(30)25-16-18-6-4-7-19(14-18)26-22-10-11-24-23(28-22)27-20-8-5-9-21(15-20)33(31,32)29-12-2-3-13-29/h4-11,14-15H,2-3,12-13,16H2,1H3,(H,25,30)(H2,24,26,27,28). The number of carbonyl (C=O) groups excluding carboxylic acids is 1. The highest BCUT2D eigenvalue weighted by Gasteiger charge is 2.27. The van der Waals surface area contributed by atoms with Crippen LogP contribution in [0.3, 0.4) is 0 Å². The van der Waals surface area contributed by atoms with Crippen molar-refractivity contribution in [3.63, 3.8) is 0 Å². The van der Waals surface area contributed by atoms with Crippen LogP contribution in [0.2, 0.25) is 0 Å². The van der Waals surface area contributed by atoms with Gasteiger partial charge in [0.1, 0.15) is 5.82 Å². The second-order valence-electron chi connectivity index (χ2n) is 7.76. The first-order chi connectivity index (χ1) is 15.9. The Hall–Kier alpha value is -3.50. The van der Waals surface area contributed by atoms with Gasteiger partial charge in [-0.25, -0.2) is 13.4 Å². The number of sulfonamides is 1. The molecule has 3 aromatic rings. The van der Waals surface area contributed by atoms with E-state index in [4.69, 9.17) is 0 Å². The summed E-state index contributed by atoms with van der Waals surface area (Å²) in [5.74, 6) is 0.826. The lowest BCUT2D eigenvalue weighted by Gasteiger charge is -2.16. The Balaban J connectivity index is 1.47. The highest BCUT2D eigenvalue weighted by molar-refractivity contribution is 7.89. The van der Waals surface area contributed by atoms with E-state index < -0.39 is 10.0 Å². The molecule has 0 radical (unpaired) electrons. The quantitative estimate of drug-likeness (QED) is 0.466. The molecule has 0 aliphatic carbocycles. The molecule has 0 spiro atoms.